The molecular formula is C24H19N7O. The van der Waals surface area contributed by atoms with Gasteiger partial charge in [0.25, 0.3) is 0 Å². The van der Waals surface area contributed by atoms with Crippen molar-refractivity contribution in [1.82, 2.24) is 30.2 Å². The molecule has 156 valence electrons. The van der Waals surface area contributed by atoms with Crippen LogP contribution in [0.5, 0.6) is 5.75 Å². The molecule has 2 heterocycles. The van der Waals surface area contributed by atoms with E-state index in [2.05, 4.69) is 37.7 Å². The molecule has 0 aliphatic heterocycles. The van der Waals surface area contributed by atoms with Crippen molar-refractivity contribution in [3.63, 3.8) is 0 Å². The Morgan fingerprint density at radius 3 is 2.62 bits per heavy atom. The van der Waals surface area contributed by atoms with Gasteiger partial charge in [-0.1, -0.05) is 18.2 Å². The number of fused-ring (bicyclic) bond motifs is 1. The summed E-state index contributed by atoms with van der Waals surface area (Å²) < 4.78 is 7.77. The number of aromatic amines is 1. The van der Waals surface area contributed by atoms with Crippen LogP contribution in [0.3, 0.4) is 0 Å². The molecule has 0 atom stereocenters. The maximum atomic E-state index is 9.57. The Balaban J connectivity index is 1.56. The highest BCUT2D eigenvalue weighted by Gasteiger charge is 2.11. The van der Waals surface area contributed by atoms with Gasteiger partial charge in [0.2, 0.25) is 5.82 Å². The standard InChI is InChI=1S/C24H19N7O/c1-15(2)32-23-9-7-17(10-19(23)13-25)16-4-3-5-20(11-16)31-14-26-21-8-6-18(12-22(21)31)24-27-29-30-28-24/h3-12,14-15H,1-2H3,(H,27,28,29,30). The molecule has 0 aliphatic rings. The highest BCUT2D eigenvalue weighted by molar-refractivity contribution is 5.82. The Morgan fingerprint density at radius 2 is 1.84 bits per heavy atom. The summed E-state index contributed by atoms with van der Waals surface area (Å²) in [5.41, 5.74) is 6.05. The minimum Gasteiger partial charge on any atom is -0.490 e. The number of hydrogen-bond acceptors (Lipinski definition) is 6. The number of ether oxygens (including phenoxy) is 1. The number of hydrogen-bond donors (Lipinski definition) is 1. The number of nitriles is 1. The first-order chi connectivity index (χ1) is 15.6. The highest BCUT2D eigenvalue weighted by atomic mass is 16.5. The Labute approximate surface area is 184 Å². The molecule has 0 unspecified atom stereocenters. The number of rotatable bonds is 5. The van der Waals surface area contributed by atoms with E-state index in [0.29, 0.717) is 17.1 Å². The van der Waals surface area contributed by atoms with Crippen LogP contribution in [0, 0.1) is 11.3 Å². The molecule has 0 saturated carbocycles. The lowest BCUT2D eigenvalue weighted by Crippen LogP contribution is -2.06. The molecular weight excluding hydrogens is 402 g/mol. The summed E-state index contributed by atoms with van der Waals surface area (Å²) in [7, 11) is 0. The van der Waals surface area contributed by atoms with Gasteiger partial charge >= 0.3 is 0 Å². The molecule has 5 rings (SSSR count). The van der Waals surface area contributed by atoms with E-state index in [1.807, 2.05) is 73.0 Å². The van der Waals surface area contributed by atoms with Crippen molar-refractivity contribution in [3.05, 3.63) is 72.6 Å². The smallest absolute Gasteiger partial charge is 0.204 e. The molecule has 5 aromatic rings. The molecule has 0 radical (unpaired) electrons. The fourth-order valence-corrected chi connectivity index (χ4v) is 3.63. The Kier molecular flexibility index (Phi) is 4.84. The molecule has 0 spiro atoms. The quantitative estimate of drug-likeness (QED) is 0.447. The summed E-state index contributed by atoms with van der Waals surface area (Å²) >= 11 is 0. The van der Waals surface area contributed by atoms with Crippen LogP contribution in [-0.4, -0.2) is 36.3 Å². The van der Waals surface area contributed by atoms with Gasteiger partial charge < -0.3 is 4.74 Å². The molecule has 0 saturated heterocycles. The Hall–Kier alpha value is -4.51. The van der Waals surface area contributed by atoms with Crippen LogP contribution in [0.2, 0.25) is 0 Å². The maximum absolute atomic E-state index is 9.57. The summed E-state index contributed by atoms with van der Waals surface area (Å²) in [6, 6.07) is 21.9. The van der Waals surface area contributed by atoms with E-state index in [9.17, 15) is 5.26 Å². The van der Waals surface area contributed by atoms with Crippen molar-refractivity contribution in [2.75, 3.05) is 0 Å². The van der Waals surface area contributed by atoms with Crippen molar-refractivity contribution in [1.29, 1.82) is 5.26 Å². The van der Waals surface area contributed by atoms with E-state index in [4.69, 9.17) is 4.74 Å². The molecule has 0 amide bonds. The third-order valence-corrected chi connectivity index (χ3v) is 5.07. The number of aromatic nitrogens is 6. The predicted molar refractivity (Wildman–Crippen MR) is 120 cm³/mol. The van der Waals surface area contributed by atoms with E-state index in [-0.39, 0.29) is 6.10 Å². The second-order valence-corrected chi connectivity index (χ2v) is 7.59. The number of benzene rings is 3. The molecule has 32 heavy (non-hydrogen) atoms. The molecule has 0 fully saturated rings. The fourth-order valence-electron chi connectivity index (χ4n) is 3.63. The van der Waals surface area contributed by atoms with Crippen LogP contribution in [0.15, 0.2) is 67.0 Å². The van der Waals surface area contributed by atoms with E-state index < -0.39 is 0 Å². The molecule has 8 nitrogen and oxygen atoms in total. The summed E-state index contributed by atoms with van der Waals surface area (Å²) in [6.45, 7) is 3.89. The number of nitrogens with one attached hydrogen (secondary N) is 1. The first-order valence-corrected chi connectivity index (χ1v) is 10.1. The zero-order chi connectivity index (χ0) is 22.1. The van der Waals surface area contributed by atoms with Crippen LogP contribution >= 0.6 is 0 Å². The number of tetrazole rings is 1. The van der Waals surface area contributed by atoms with Gasteiger partial charge in [-0.05, 0) is 72.7 Å². The molecule has 0 aliphatic carbocycles. The topological polar surface area (TPSA) is 105 Å². The summed E-state index contributed by atoms with van der Waals surface area (Å²) in [5, 5.41) is 23.8. The van der Waals surface area contributed by atoms with Crippen LogP contribution in [-0.2, 0) is 0 Å². The zero-order valence-corrected chi connectivity index (χ0v) is 17.5. The van der Waals surface area contributed by atoms with Gasteiger partial charge in [0.05, 0.1) is 22.7 Å². The normalized spacial score (nSPS) is 11.1. The minimum atomic E-state index is 0.00291. The number of imidazole rings is 1. The largest absolute Gasteiger partial charge is 0.490 e. The van der Waals surface area contributed by atoms with E-state index in [1.165, 1.54) is 0 Å². The highest BCUT2D eigenvalue weighted by Crippen LogP contribution is 2.30. The second-order valence-electron chi connectivity index (χ2n) is 7.59. The van der Waals surface area contributed by atoms with Crippen LogP contribution in [0.25, 0.3) is 39.2 Å². The first kappa shape index (κ1) is 19.5. The van der Waals surface area contributed by atoms with E-state index >= 15 is 0 Å². The minimum absolute atomic E-state index is 0.00291. The first-order valence-electron chi connectivity index (χ1n) is 10.1. The lowest BCUT2D eigenvalue weighted by Gasteiger charge is -2.13. The van der Waals surface area contributed by atoms with Gasteiger partial charge in [0.15, 0.2) is 0 Å². The average molecular weight is 421 g/mol. The second kappa shape index (κ2) is 7.96. The summed E-state index contributed by atoms with van der Waals surface area (Å²) in [6.07, 6.45) is 1.80. The molecule has 8 heteroatoms. The lowest BCUT2D eigenvalue weighted by atomic mass is 10.0. The number of H-pyrrole nitrogens is 1. The van der Waals surface area contributed by atoms with Crippen molar-refractivity contribution < 1.29 is 4.74 Å². The Bertz CT molecular complexity index is 1450. The third-order valence-electron chi connectivity index (χ3n) is 5.07. The van der Waals surface area contributed by atoms with Gasteiger partial charge in [-0.3, -0.25) is 4.57 Å². The molecule has 0 bridgehead atoms. The zero-order valence-electron chi connectivity index (χ0n) is 17.5. The van der Waals surface area contributed by atoms with Gasteiger partial charge in [-0.25, -0.2) is 4.98 Å². The fraction of sp³-hybridized carbons (Fsp3) is 0.125. The average Bonchev–Trinajstić information content (AvgIpc) is 3.49. The summed E-state index contributed by atoms with van der Waals surface area (Å²) in [5.74, 6) is 1.12. The van der Waals surface area contributed by atoms with E-state index in [0.717, 1.165) is 33.4 Å². The summed E-state index contributed by atoms with van der Waals surface area (Å²) in [4.78, 5) is 4.53. The van der Waals surface area contributed by atoms with Crippen LogP contribution < -0.4 is 4.74 Å². The third kappa shape index (κ3) is 3.56. The predicted octanol–water partition coefficient (Wildman–Crippen LogP) is 4.53. The SMILES string of the molecule is CC(C)Oc1ccc(-c2cccc(-n3cnc4ccc(-c5nn[nH]n5)cc43)c2)cc1C#N. The van der Waals surface area contributed by atoms with Crippen LogP contribution in [0.4, 0.5) is 0 Å². The van der Waals surface area contributed by atoms with Gasteiger partial charge in [0, 0.05) is 11.3 Å². The van der Waals surface area contributed by atoms with Crippen molar-refractivity contribution in [2.45, 2.75) is 20.0 Å². The van der Waals surface area contributed by atoms with Crippen LogP contribution in [0.1, 0.15) is 19.4 Å². The number of nitrogens with zero attached hydrogens (tertiary/aromatic N) is 6. The maximum Gasteiger partial charge on any atom is 0.204 e. The van der Waals surface area contributed by atoms with Crippen molar-refractivity contribution >= 4 is 11.0 Å². The van der Waals surface area contributed by atoms with E-state index in [1.54, 1.807) is 6.33 Å². The molecule has 1 N–H and O–H groups in total. The van der Waals surface area contributed by atoms with Crippen molar-refractivity contribution in [2.24, 2.45) is 0 Å². The molecule has 2 aromatic heterocycles. The van der Waals surface area contributed by atoms with Gasteiger partial charge in [-0.15, -0.1) is 10.2 Å². The Morgan fingerprint density at radius 1 is 1.00 bits per heavy atom. The van der Waals surface area contributed by atoms with Crippen molar-refractivity contribution in [3.8, 4) is 40.0 Å². The van der Waals surface area contributed by atoms with Gasteiger partial charge in [-0.2, -0.15) is 10.5 Å². The van der Waals surface area contributed by atoms with Gasteiger partial charge in [0.1, 0.15) is 18.1 Å². The monoisotopic (exact) mass is 421 g/mol. The lowest BCUT2D eigenvalue weighted by molar-refractivity contribution is 0.242. The molecule has 3 aromatic carbocycles.